The Balaban J connectivity index is 1.95. The van der Waals surface area contributed by atoms with Crippen LogP contribution < -0.4 is 5.32 Å². The van der Waals surface area contributed by atoms with Gasteiger partial charge in [-0.1, -0.05) is 0 Å². The van der Waals surface area contributed by atoms with Crippen LogP contribution in [0.15, 0.2) is 0 Å². The fraction of sp³-hybridized carbons (Fsp3) is 0.588. The Labute approximate surface area is 145 Å². The average molecular weight is 350 g/mol. The van der Waals surface area contributed by atoms with E-state index in [0.717, 1.165) is 16.7 Å². The second kappa shape index (κ2) is 6.27. The second-order valence-corrected chi connectivity index (χ2v) is 7.20. The second-order valence-electron chi connectivity index (χ2n) is 7.20. The molecule has 2 aliphatic heterocycles. The molecule has 136 valence electrons. The van der Waals surface area contributed by atoms with Crippen LogP contribution in [0, 0.1) is 0 Å². The topological polar surface area (TPSA) is 107 Å². The zero-order chi connectivity index (χ0) is 18.4. The first-order valence-electron chi connectivity index (χ1n) is 8.16. The number of fused-ring (bicyclic) bond motifs is 3. The lowest BCUT2D eigenvalue weighted by atomic mass is 9.94. The molecule has 2 N–H and O–H groups in total. The lowest BCUT2D eigenvalue weighted by molar-refractivity contribution is -0.152. The molecule has 3 heterocycles. The van der Waals surface area contributed by atoms with Crippen molar-refractivity contribution >= 4 is 17.9 Å². The number of carbonyl (C=O) groups excluding carboxylic acids is 1. The van der Waals surface area contributed by atoms with Crippen LogP contribution in [0.1, 0.15) is 56.2 Å². The highest BCUT2D eigenvalue weighted by atomic mass is 16.6. The number of nitrogens with zero attached hydrogens (tertiary/aromatic N) is 1. The number of carboxylic acids is 1. The molecule has 0 bridgehead atoms. The first kappa shape index (κ1) is 17.6. The standard InChI is InChI=1S/C17H22N2O6/c1-8-13-10(6-23-8)9-5-12(15(20)21)24-7-11(9)18-14(13)19-16(22)25-17(2,3)4/h8,12H,5-7H2,1-4H3,(H,20,21)(H,18,19,22). The third-order valence-corrected chi connectivity index (χ3v) is 4.13. The van der Waals surface area contributed by atoms with Crippen molar-refractivity contribution in [3.63, 3.8) is 0 Å². The third kappa shape index (κ3) is 3.59. The van der Waals surface area contributed by atoms with E-state index in [2.05, 4.69) is 10.3 Å². The van der Waals surface area contributed by atoms with E-state index in [-0.39, 0.29) is 19.1 Å². The van der Waals surface area contributed by atoms with Crippen LogP contribution in [0.3, 0.4) is 0 Å². The van der Waals surface area contributed by atoms with Gasteiger partial charge in [0.05, 0.1) is 25.0 Å². The van der Waals surface area contributed by atoms with E-state index in [0.29, 0.717) is 18.1 Å². The summed E-state index contributed by atoms with van der Waals surface area (Å²) in [6.07, 6.45) is -1.49. The van der Waals surface area contributed by atoms with Gasteiger partial charge in [-0.05, 0) is 38.8 Å². The molecule has 2 aliphatic rings. The molecule has 25 heavy (non-hydrogen) atoms. The number of ether oxygens (including phenoxy) is 3. The molecule has 0 aliphatic carbocycles. The zero-order valence-corrected chi connectivity index (χ0v) is 14.7. The zero-order valence-electron chi connectivity index (χ0n) is 14.7. The average Bonchev–Trinajstić information content (AvgIpc) is 2.87. The Morgan fingerprint density at radius 2 is 1.96 bits per heavy atom. The summed E-state index contributed by atoms with van der Waals surface area (Å²) in [6.45, 7) is 7.65. The van der Waals surface area contributed by atoms with Crippen molar-refractivity contribution < 1.29 is 28.9 Å². The molecule has 1 amide bonds. The molecule has 0 radical (unpaired) electrons. The van der Waals surface area contributed by atoms with Gasteiger partial charge in [-0.25, -0.2) is 14.6 Å². The van der Waals surface area contributed by atoms with Gasteiger partial charge in [-0.3, -0.25) is 5.32 Å². The maximum Gasteiger partial charge on any atom is 0.413 e. The molecule has 0 saturated carbocycles. The van der Waals surface area contributed by atoms with Crippen molar-refractivity contribution in [3.8, 4) is 0 Å². The number of hydrogen-bond acceptors (Lipinski definition) is 6. The molecule has 2 unspecified atom stereocenters. The van der Waals surface area contributed by atoms with Crippen LogP contribution in [0.2, 0.25) is 0 Å². The van der Waals surface area contributed by atoms with Crippen LogP contribution in [-0.4, -0.2) is 33.9 Å². The number of carbonyl (C=O) groups is 2. The summed E-state index contributed by atoms with van der Waals surface area (Å²) in [5.74, 6) is -0.618. The van der Waals surface area contributed by atoms with Crippen LogP contribution in [0.25, 0.3) is 0 Å². The maximum atomic E-state index is 12.1. The maximum absolute atomic E-state index is 12.1. The van der Waals surface area contributed by atoms with E-state index in [1.54, 1.807) is 20.8 Å². The first-order chi connectivity index (χ1) is 11.7. The van der Waals surface area contributed by atoms with Crippen molar-refractivity contribution in [1.29, 1.82) is 0 Å². The van der Waals surface area contributed by atoms with E-state index < -0.39 is 23.8 Å². The summed E-state index contributed by atoms with van der Waals surface area (Å²) in [5.41, 5.74) is 2.50. The number of amides is 1. The fourth-order valence-corrected chi connectivity index (χ4v) is 3.08. The van der Waals surface area contributed by atoms with E-state index in [1.165, 1.54) is 0 Å². The van der Waals surface area contributed by atoms with E-state index in [1.807, 2.05) is 6.92 Å². The summed E-state index contributed by atoms with van der Waals surface area (Å²) < 4.78 is 16.3. The summed E-state index contributed by atoms with van der Waals surface area (Å²) in [7, 11) is 0. The van der Waals surface area contributed by atoms with Crippen LogP contribution in [0.5, 0.6) is 0 Å². The largest absolute Gasteiger partial charge is 0.479 e. The number of pyridine rings is 1. The first-order valence-corrected chi connectivity index (χ1v) is 8.16. The van der Waals surface area contributed by atoms with E-state index in [4.69, 9.17) is 14.2 Å². The van der Waals surface area contributed by atoms with Gasteiger partial charge in [-0.2, -0.15) is 0 Å². The Hall–Kier alpha value is -2.19. The number of aliphatic carboxylic acids is 1. The summed E-state index contributed by atoms with van der Waals surface area (Å²) in [4.78, 5) is 27.8. The molecule has 8 nitrogen and oxygen atoms in total. The van der Waals surface area contributed by atoms with Gasteiger partial charge in [0.15, 0.2) is 6.10 Å². The number of carboxylic acid groups (broad SMARTS) is 1. The molecule has 0 spiro atoms. The highest BCUT2D eigenvalue weighted by molar-refractivity contribution is 5.85. The quantitative estimate of drug-likeness (QED) is 0.844. The lowest BCUT2D eigenvalue weighted by Crippen LogP contribution is -2.32. The Morgan fingerprint density at radius 3 is 2.60 bits per heavy atom. The molecule has 1 aromatic rings. The number of anilines is 1. The van der Waals surface area contributed by atoms with Crippen molar-refractivity contribution in [2.24, 2.45) is 0 Å². The van der Waals surface area contributed by atoms with Crippen LogP contribution in [-0.2, 0) is 38.6 Å². The van der Waals surface area contributed by atoms with Gasteiger partial charge in [0.1, 0.15) is 11.4 Å². The predicted molar refractivity (Wildman–Crippen MR) is 87.2 cm³/mol. The normalized spacial score (nSPS) is 22.1. The predicted octanol–water partition coefficient (Wildman–Crippen LogP) is 2.55. The number of nitrogens with one attached hydrogen (secondary N) is 1. The molecular formula is C17H22N2O6. The van der Waals surface area contributed by atoms with Gasteiger partial charge in [-0.15, -0.1) is 0 Å². The van der Waals surface area contributed by atoms with Gasteiger partial charge in [0, 0.05) is 12.0 Å². The molecule has 8 heteroatoms. The minimum atomic E-state index is -0.998. The van der Waals surface area contributed by atoms with Crippen molar-refractivity contribution in [3.05, 3.63) is 22.4 Å². The third-order valence-electron chi connectivity index (χ3n) is 4.13. The Morgan fingerprint density at radius 1 is 1.24 bits per heavy atom. The molecule has 0 aromatic carbocycles. The van der Waals surface area contributed by atoms with Crippen LogP contribution in [0.4, 0.5) is 10.6 Å². The fourth-order valence-electron chi connectivity index (χ4n) is 3.08. The molecule has 2 atom stereocenters. The summed E-state index contributed by atoms with van der Waals surface area (Å²) in [5, 5.41) is 11.9. The van der Waals surface area contributed by atoms with Gasteiger partial charge in [0.25, 0.3) is 0 Å². The van der Waals surface area contributed by atoms with E-state index >= 15 is 0 Å². The van der Waals surface area contributed by atoms with Crippen molar-refractivity contribution in [2.75, 3.05) is 5.32 Å². The minimum absolute atomic E-state index is 0.0803. The van der Waals surface area contributed by atoms with Gasteiger partial charge < -0.3 is 19.3 Å². The van der Waals surface area contributed by atoms with Gasteiger partial charge in [0.2, 0.25) is 0 Å². The highest BCUT2D eigenvalue weighted by Gasteiger charge is 2.35. The molecule has 3 rings (SSSR count). The van der Waals surface area contributed by atoms with Crippen molar-refractivity contribution in [1.82, 2.24) is 4.98 Å². The Kier molecular flexibility index (Phi) is 4.42. The molecule has 1 aromatic heterocycles. The highest BCUT2D eigenvalue weighted by Crippen LogP contribution is 2.40. The minimum Gasteiger partial charge on any atom is -0.479 e. The SMILES string of the molecule is CC1OCc2c3c(nc(NC(=O)OC(C)(C)C)c21)COC(C(=O)O)C3. The van der Waals surface area contributed by atoms with Gasteiger partial charge >= 0.3 is 12.1 Å². The smallest absolute Gasteiger partial charge is 0.413 e. The summed E-state index contributed by atoms with van der Waals surface area (Å²) in [6, 6.07) is 0. The van der Waals surface area contributed by atoms with Crippen molar-refractivity contribution in [2.45, 2.75) is 65.1 Å². The summed E-state index contributed by atoms with van der Waals surface area (Å²) >= 11 is 0. The lowest BCUT2D eigenvalue weighted by Gasteiger charge is -2.25. The Bertz CT molecular complexity index is 725. The van der Waals surface area contributed by atoms with E-state index in [9.17, 15) is 14.7 Å². The monoisotopic (exact) mass is 350 g/mol. The van der Waals surface area contributed by atoms with Crippen LogP contribution >= 0.6 is 0 Å². The number of aromatic nitrogens is 1. The molecule has 0 saturated heterocycles. The molecule has 0 fully saturated rings. The molecular weight excluding hydrogens is 328 g/mol. The number of hydrogen-bond donors (Lipinski definition) is 2. The number of rotatable bonds is 2.